The highest BCUT2D eigenvalue weighted by Crippen LogP contribution is 2.26. The zero-order valence-corrected chi connectivity index (χ0v) is 13.8. The highest BCUT2D eigenvalue weighted by Gasteiger charge is 2.32. The maximum atomic E-state index is 11.4. The molecule has 1 aliphatic rings. The number of nitrogen functional groups attached to an aromatic ring is 1. The van der Waals surface area contributed by atoms with Gasteiger partial charge >= 0.3 is 6.09 Å². The lowest BCUT2D eigenvalue weighted by atomic mass is 10.0. The molecule has 1 fully saturated rings. The number of carbonyl (C=O) groups is 1. The summed E-state index contributed by atoms with van der Waals surface area (Å²) < 4.78 is 0. The van der Waals surface area contributed by atoms with Crippen LogP contribution in [0, 0.1) is 5.92 Å². The van der Waals surface area contributed by atoms with Gasteiger partial charge in [-0.25, -0.2) is 9.78 Å². The van der Waals surface area contributed by atoms with Gasteiger partial charge in [-0.3, -0.25) is 0 Å². The monoisotopic (exact) mass is 327 g/mol. The molecule has 1 amide bonds. The van der Waals surface area contributed by atoms with E-state index in [1.165, 1.54) is 4.90 Å². The second-order valence-corrected chi connectivity index (χ2v) is 6.96. The van der Waals surface area contributed by atoms with Crippen LogP contribution >= 0.6 is 11.6 Å². The molecule has 0 saturated carbocycles. The Bertz CT molecular complexity index is 540. The van der Waals surface area contributed by atoms with Crippen molar-refractivity contribution in [3.63, 3.8) is 0 Å². The maximum absolute atomic E-state index is 11.4. The SMILES string of the molecule is CC(C)(C)N(C[C@H]1CCN(c2cc(Cl)nc(N)n2)C1)C(=O)O. The molecule has 8 heteroatoms. The average Bonchev–Trinajstić information content (AvgIpc) is 2.81. The number of hydrogen-bond donors (Lipinski definition) is 2. The van der Waals surface area contributed by atoms with Gasteiger partial charge in [-0.05, 0) is 33.1 Å². The first-order valence-electron chi connectivity index (χ1n) is 7.22. The van der Waals surface area contributed by atoms with E-state index in [-0.39, 0.29) is 11.9 Å². The van der Waals surface area contributed by atoms with Crippen molar-refractivity contribution in [1.29, 1.82) is 0 Å². The first kappa shape index (κ1) is 16.6. The van der Waals surface area contributed by atoms with E-state index in [2.05, 4.69) is 14.9 Å². The van der Waals surface area contributed by atoms with Crippen molar-refractivity contribution in [2.45, 2.75) is 32.7 Å². The molecule has 1 aliphatic heterocycles. The van der Waals surface area contributed by atoms with Crippen molar-refractivity contribution < 1.29 is 9.90 Å². The van der Waals surface area contributed by atoms with Gasteiger partial charge in [0.25, 0.3) is 0 Å². The Morgan fingerprint density at radius 3 is 2.77 bits per heavy atom. The molecular formula is C14H22ClN5O2. The van der Waals surface area contributed by atoms with Gasteiger partial charge in [0, 0.05) is 31.2 Å². The van der Waals surface area contributed by atoms with E-state index in [1.54, 1.807) is 6.07 Å². The van der Waals surface area contributed by atoms with Crippen LogP contribution in [0.2, 0.25) is 5.15 Å². The van der Waals surface area contributed by atoms with Crippen molar-refractivity contribution >= 4 is 29.5 Å². The second-order valence-electron chi connectivity index (χ2n) is 6.57. The van der Waals surface area contributed by atoms with E-state index in [0.717, 1.165) is 19.5 Å². The molecule has 3 N–H and O–H groups in total. The third-order valence-corrected chi connectivity index (χ3v) is 3.98. The zero-order valence-electron chi connectivity index (χ0n) is 13.1. The lowest BCUT2D eigenvalue weighted by molar-refractivity contribution is 0.0908. The van der Waals surface area contributed by atoms with Crippen LogP contribution in [-0.4, -0.2) is 51.2 Å². The van der Waals surface area contributed by atoms with Crippen LogP contribution in [-0.2, 0) is 0 Å². The molecule has 1 saturated heterocycles. The van der Waals surface area contributed by atoms with Crippen LogP contribution in [0.25, 0.3) is 0 Å². The van der Waals surface area contributed by atoms with Crippen molar-refractivity contribution in [3.05, 3.63) is 11.2 Å². The second kappa shape index (κ2) is 6.16. The number of carboxylic acid groups (broad SMARTS) is 1. The van der Waals surface area contributed by atoms with Crippen molar-refractivity contribution in [2.75, 3.05) is 30.3 Å². The Kier molecular flexibility index (Phi) is 4.65. The standard InChI is InChI=1S/C14H22ClN5O2/c1-14(2,3)20(13(21)22)8-9-4-5-19(7-9)11-6-10(15)17-12(16)18-11/h6,9H,4-5,7-8H2,1-3H3,(H,21,22)(H2,16,17,18)/t9-/m0/s1. The van der Waals surface area contributed by atoms with Crippen LogP contribution in [0.15, 0.2) is 6.07 Å². The molecule has 2 heterocycles. The molecule has 1 aromatic heterocycles. The predicted molar refractivity (Wildman–Crippen MR) is 86.3 cm³/mol. The molecule has 7 nitrogen and oxygen atoms in total. The molecule has 122 valence electrons. The molecule has 2 rings (SSSR count). The van der Waals surface area contributed by atoms with Crippen LogP contribution in [0.3, 0.4) is 0 Å². The van der Waals surface area contributed by atoms with Crippen molar-refractivity contribution in [3.8, 4) is 0 Å². The molecule has 0 radical (unpaired) electrons. The Labute approximate surface area is 135 Å². The largest absolute Gasteiger partial charge is 0.465 e. The molecule has 0 aromatic carbocycles. The number of anilines is 2. The Hall–Kier alpha value is -1.76. The molecule has 0 bridgehead atoms. The molecule has 1 atom stereocenters. The highest BCUT2D eigenvalue weighted by molar-refractivity contribution is 6.29. The summed E-state index contributed by atoms with van der Waals surface area (Å²) in [5, 5.41) is 9.70. The fourth-order valence-electron chi connectivity index (χ4n) is 2.67. The van der Waals surface area contributed by atoms with Crippen LogP contribution < -0.4 is 10.6 Å². The lowest BCUT2D eigenvalue weighted by Gasteiger charge is -2.35. The quantitative estimate of drug-likeness (QED) is 0.827. The zero-order chi connectivity index (χ0) is 16.5. The van der Waals surface area contributed by atoms with Crippen molar-refractivity contribution in [2.24, 2.45) is 5.92 Å². The number of aromatic nitrogens is 2. The summed E-state index contributed by atoms with van der Waals surface area (Å²) in [6.07, 6.45) is 0.0155. The minimum atomic E-state index is -0.889. The molecular weight excluding hydrogens is 306 g/mol. The van der Waals surface area contributed by atoms with Gasteiger partial charge in [0.2, 0.25) is 5.95 Å². The van der Waals surface area contributed by atoms with E-state index in [9.17, 15) is 9.90 Å². The maximum Gasteiger partial charge on any atom is 0.407 e. The van der Waals surface area contributed by atoms with E-state index >= 15 is 0 Å². The van der Waals surface area contributed by atoms with E-state index in [1.807, 2.05) is 20.8 Å². The topological polar surface area (TPSA) is 95.6 Å². The fraction of sp³-hybridized carbons (Fsp3) is 0.643. The third kappa shape index (κ3) is 3.91. The smallest absolute Gasteiger partial charge is 0.407 e. The average molecular weight is 328 g/mol. The number of rotatable bonds is 3. The van der Waals surface area contributed by atoms with Gasteiger partial charge in [-0.1, -0.05) is 11.6 Å². The van der Waals surface area contributed by atoms with Crippen molar-refractivity contribution in [1.82, 2.24) is 14.9 Å². The summed E-state index contributed by atoms with van der Waals surface area (Å²) in [6, 6.07) is 1.68. The summed E-state index contributed by atoms with van der Waals surface area (Å²) >= 11 is 5.91. The number of hydrogen-bond acceptors (Lipinski definition) is 5. The van der Waals surface area contributed by atoms with Crippen LogP contribution in [0.5, 0.6) is 0 Å². The molecule has 0 unspecified atom stereocenters. The van der Waals surface area contributed by atoms with Gasteiger partial charge in [0.05, 0.1) is 0 Å². The Morgan fingerprint density at radius 2 is 2.23 bits per heavy atom. The fourth-order valence-corrected chi connectivity index (χ4v) is 2.86. The Morgan fingerprint density at radius 1 is 1.55 bits per heavy atom. The van der Waals surface area contributed by atoms with Gasteiger partial charge in [-0.2, -0.15) is 4.98 Å². The number of nitrogens with two attached hydrogens (primary N) is 1. The highest BCUT2D eigenvalue weighted by atomic mass is 35.5. The summed E-state index contributed by atoms with van der Waals surface area (Å²) in [4.78, 5) is 23.0. The summed E-state index contributed by atoms with van der Waals surface area (Å²) in [7, 11) is 0. The molecule has 22 heavy (non-hydrogen) atoms. The Balaban J connectivity index is 2.05. The number of amides is 1. The normalized spacial score (nSPS) is 18.5. The van der Waals surface area contributed by atoms with Gasteiger partial charge in [0.15, 0.2) is 0 Å². The summed E-state index contributed by atoms with van der Waals surface area (Å²) in [5.41, 5.74) is 5.21. The minimum Gasteiger partial charge on any atom is -0.465 e. The van der Waals surface area contributed by atoms with Gasteiger partial charge in [0.1, 0.15) is 11.0 Å². The predicted octanol–water partition coefficient (Wildman–Crippen LogP) is 2.32. The van der Waals surface area contributed by atoms with Gasteiger partial charge in [-0.15, -0.1) is 0 Å². The molecule has 1 aromatic rings. The van der Waals surface area contributed by atoms with Crippen LogP contribution in [0.1, 0.15) is 27.2 Å². The number of halogens is 1. The molecule has 0 spiro atoms. The first-order valence-corrected chi connectivity index (χ1v) is 7.60. The van der Waals surface area contributed by atoms with Crippen LogP contribution in [0.4, 0.5) is 16.6 Å². The first-order chi connectivity index (χ1) is 10.2. The molecule has 0 aliphatic carbocycles. The van der Waals surface area contributed by atoms with E-state index in [4.69, 9.17) is 17.3 Å². The summed E-state index contributed by atoms with van der Waals surface area (Å²) in [6.45, 7) is 7.74. The van der Waals surface area contributed by atoms with Gasteiger partial charge < -0.3 is 20.6 Å². The lowest BCUT2D eigenvalue weighted by Crippen LogP contribution is -2.47. The third-order valence-electron chi connectivity index (χ3n) is 3.79. The minimum absolute atomic E-state index is 0.146. The number of nitrogens with zero attached hydrogens (tertiary/aromatic N) is 4. The summed E-state index contributed by atoms with van der Waals surface area (Å²) in [5.74, 6) is 1.09. The van der Waals surface area contributed by atoms with E-state index < -0.39 is 11.6 Å². The van der Waals surface area contributed by atoms with E-state index in [0.29, 0.717) is 17.5 Å².